The molecule has 0 bridgehead atoms. The molecule has 7 nitrogen and oxygen atoms in total. The van der Waals surface area contributed by atoms with E-state index in [4.69, 9.17) is 17.2 Å². The van der Waals surface area contributed by atoms with E-state index in [0.29, 0.717) is 32.8 Å². The molecule has 2 aliphatic rings. The van der Waals surface area contributed by atoms with E-state index < -0.39 is 0 Å². The maximum absolute atomic E-state index is 13.7. The molecule has 2 aliphatic heterocycles. The standard InChI is InChI=1S/C27H29N5O2S2/c1-4-29-12-14-30(15-13-29)24-21(25(33)31-11-5-6-19(3)23(31)28-24)16-22-26(34)32(27(35)36-22)17-20-9-7-18(2)8-10-20/h5-11,16H,4,12-15,17H2,1-3H3/b22-16-. The molecule has 0 atom stereocenters. The van der Waals surface area contributed by atoms with E-state index in [9.17, 15) is 9.59 Å². The van der Waals surface area contributed by atoms with E-state index in [2.05, 4.69) is 16.7 Å². The molecule has 1 amide bonds. The van der Waals surface area contributed by atoms with E-state index in [-0.39, 0.29) is 11.5 Å². The zero-order valence-corrected chi connectivity index (χ0v) is 22.4. The van der Waals surface area contributed by atoms with Crippen LogP contribution in [0.2, 0.25) is 0 Å². The second-order valence-electron chi connectivity index (χ2n) is 9.21. The molecule has 0 aliphatic carbocycles. The van der Waals surface area contributed by atoms with Crippen molar-refractivity contribution in [1.82, 2.24) is 19.2 Å². The summed E-state index contributed by atoms with van der Waals surface area (Å²) in [7, 11) is 0. The highest BCUT2D eigenvalue weighted by Crippen LogP contribution is 2.34. The first kappa shape index (κ1) is 24.7. The van der Waals surface area contributed by atoms with Crippen LogP contribution in [-0.2, 0) is 11.3 Å². The number of thiocarbonyl (C=S) groups is 1. The smallest absolute Gasteiger partial charge is 0.267 e. The van der Waals surface area contributed by atoms with Crippen LogP contribution in [0, 0.1) is 13.8 Å². The van der Waals surface area contributed by atoms with Gasteiger partial charge in [0.1, 0.15) is 15.8 Å². The van der Waals surface area contributed by atoms with Gasteiger partial charge in [-0.2, -0.15) is 0 Å². The van der Waals surface area contributed by atoms with Crippen LogP contribution in [0.5, 0.6) is 0 Å². The molecule has 2 saturated heterocycles. The Balaban J connectivity index is 1.54. The molecule has 0 saturated carbocycles. The normalized spacial score (nSPS) is 18.1. The van der Waals surface area contributed by atoms with Crippen molar-refractivity contribution in [2.75, 3.05) is 37.6 Å². The Kier molecular flexibility index (Phi) is 6.96. The summed E-state index contributed by atoms with van der Waals surface area (Å²) in [4.78, 5) is 38.7. The van der Waals surface area contributed by atoms with Crippen molar-refractivity contribution in [3.8, 4) is 0 Å². The quantitative estimate of drug-likeness (QED) is 0.375. The number of hydrogen-bond donors (Lipinski definition) is 0. The van der Waals surface area contributed by atoms with Crippen molar-refractivity contribution >= 4 is 51.7 Å². The zero-order chi connectivity index (χ0) is 25.4. The number of carbonyl (C=O) groups excluding carboxylic acids is 1. The maximum Gasteiger partial charge on any atom is 0.267 e. The van der Waals surface area contributed by atoms with Crippen LogP contribution in [0.3, 0.4) is 0 Å². The van der Waals surface area contributed by atoms with Gasteiger partial charge in [0.15, 0.2) is 0 Å². The molecule has 1 aromatic carbocycles. The van der Waals surface area contributed by atoms with Crippen molar-refractivity contribution in [2.45, 2.75) is 27.3 Å². The summed E-state index contributed by atoms with van der Waals surface area (Å²) in [5, 5.41) is 0. The number of aromatic nitrogens is 2. The molecule has 2 fully saturated rings. The molecular formula is C27H29N5O2S2. The SMILES string of the molecule is CCN1CCN(c2nc3c(C)cccn3c(=O)c2/C=C2\SC(=S)N(Cc3ccc(C)cc3)C2=O)CC1. The average molecular weight is 520 g/mol. The number of pyridine rings is 1. The van der Waals surface area contributed by atoms with Gasteiger partial charge in [-0.3, -0.25) is 18.9 Å². The lowest BCUT2D eigenvalue weighted by molar-refractivity contribution is -0.122. The van der Waals surface area contributed by atoms with Crippen molar-refractivity contribution in [2.24, 2.45) is 0 Å². The number of aryl methyl sites for hydroxylation is 2. The lowest BCUT2D eigenvalue weighted by Crippen LogP contribution is -2.47. The third kappa shape index (κ3) is 4.70. The molecule has 186 valence electrons. The Bertz CT molecular complexity index is 1420. The number of hydrogen-bond acceptors (Lipinski definition) is 7. The number of fused-ring (bicyclic) bond motifs is 1. The van der Waals surface area contributed by atoms with Crippen LogP contribution >= 0.6 is 24.0 Å². The Hall–Kier alpha value is -3.01. The number of carbonyl (C=O) groups is 1. The summed E-state index contributed by atoms with van der Waals surface area (Å²) < 4.78 is 2.06. The molecule has 2 aromatic heterocycles. The molecule has 0 N–H and O–H groups in total. The summed E-state index contributed by atoms with van der Waals surface area (Å²) in [5.41, 5.74) is 3.99. The fourth-order valence-electron chi connectivity index (χ4n) is 4.59. The van der Waals surface area contributed by atoms with Gasteiger partial charge >= 0.3 is 0 Å². The summed E-state index contributed by atoms with van der Waals surface area (Å²) in [6, 6.07) is 11.9. The second kappa shape index (κ2) is 10.2. The second-order valence-corrected chi connectivity index (χ2v) is 10.9. The van der Waals surface area contributed by atoms with Gasteiger partial charge in [0.2, 0.25) is 0 Å². The van der Waals surface area contributed by atoms with Crippen molar-refractivity contribution in [3.05, 3.63) is 80.1 Å². The van der Waals surface area contributed by atoms with Gasteiger partial charge in [-0.05, 0) is 43.7 Å². The van der Waals surface area contributed by atoms with Gasteiger partial charge in [0, 0.05) is 32.4 Å². The highest BCUT2D eigenvalue weighted by Gasteiger charge is 2.33. The van der Waals surface area contributed by atoms with Gasteiger partial charge in [0.25, 0.3) is 11.5 Å². The third-order valence-corrected chi connectivity index (χ3v) is 8.17. The lowest BCUT2D eigenvalue weighted by atomic mass is 10.1. The van der Waals surface area contributed by atoms with Crippen LogP contribution < -0.4 is 10.5 Å². The Morgan fingerprint density at radius 3 is 2.47 bits per heavy atom. The number of nitrogens with zero attached hydrogens (tertiary/aromatic N) is 5. The van der Waals surface area contributed by atoms with Crippen LogP contribution in [0.4, 0.5) is 5.82 Å². The number of thioether (sulfide) groups is 1. The molecule has 9 heteroatoms. The van der Waals surface area contributed by atoms with Gasteiger partial charge in [-0.1, -0.05) is 66.8 Å². The summed E-state index contributed by atoms with van der Waals surface area (Å²) in [6.07, 6.45) is 3.43. The molecule has 36 heavy (non-hydrogen) atoms. The summed E-state index contributed by atoms with van der Waals surface area (Å²) in [6.45, 7) is 10.9. The Morgan fingerprint density at radius 1 is 1.06 bits per heavy atom. The van der Waals surface area contributed by atoms with Gasteiger partial charge < -0.3 is 9.80 Å². The van der Waals surface area contributed by atoms with Crippen molar-refractivity contribution < 1.29 is 4.79 Å². The summed E-state index contributed by atoms with van der Waals surface area (Å²) in [5.74, 6) is 0.454. The first-order chi connectivity index (χ1) is 17.4. The van der Waals surface area contributed by atoms with Crippen LogP contribution in [0.25, 0.3) is 11.7 Å². The molecular weight excluding hydrogens is 490 g/mol. The minimum atomic E-state index is -0.180. The fourth-order valence-corrected chi connectivity index (χ4v) is 5.82. The van der Waals surface area contributed by atoms with E-state index in [1.165, 1.54) is 11.8 Å². The maximum atomic E-state index is 13.7. The van der Waals surface area contributed by atoms with Crippen LogP contribution in [0.1, 0.15) is 29.2 Å². The number of anilines is 1. The first-order valence-electron chi connectivity index (χ1n) is 12.2. The zero-order valence-electron chi connectivity index (χ0n) is 20.7. The predicted octanol–water partition coefficient (Wildman–Crippen LogP) is 3.85. The van der Waals surface area contributed by atoms with Gasteiger partial charge in [-0.25, -0.2) is 4.98 Å². The minimum Gasteiger partial charge on any atom is -0.353 e. The molecule has 4 heterocycles. The number of rotatable bonds is 5. The fraction of sp³-hybridized carbons (Fsp3) is 0.333. The Labute approximate surface area is 220 Å². The van der Waals surface area contributed by atoms with Crippen molar-refractivity contribution in [3.63, 3.8) is 0 Å². The minimum absolute atomic E-state index is 0.180. The van der Waals surface area contributed by atoms with E-state index in [0.717, 1.165) is 49.4 Å². The highest BCUT2D eigenvalue weighted by molar-refractivity contribution is 8.26. The van der Waals surface area contributed by atoms with E-state index >= 15 is 0 Å². The predicted molar refractivity (Wildman–Crippen MR) is 150 cm³/mol. The number of likely N-dealkylation sites (N-methyl/N-ethyl adjacent to an activating group) is 1. The number of amides is 1. The number of benzene rings is 1. The molecule has 5 rings (SSSR count). The summed E-state index contributed by atoms with van der Waals surface area (Å²) >= 11 is 6.80. The topological polar surface area (TPSA) is 61.2 Å². The van der Waals surface area contributed by atoms with Gasteiger partial charge in [0.05, 0.1) is 17.0 Å². The van der Waals surface area contributed by atoms with Crippen LogP contribution in [0.15, 0.2) is 52.3 Å². The molecule has 0 unspecified atom stereocenters. The molecule has 0 spiro atoms. The first-order valence-corrected chi connectivity index (χ1v) is 13.4. The Morgan fingerprint density at radius 2 is 1.78 bits per heavy atom. The number of piperazine rings is 1. The van der Waals surface area contributed by atoms with Crippen LogP contribution in [-0.4, -0.2) is 62.1 Å². The largest absolute Gasteiger partial charge is 0.353 e. The average Bonchev–Trinajstić information content (AvgIpc) is 3.14. The van der Waals surface area contributed by atoms with E-state index in [1.54, 1.807) is 21.6 Å². The molecule has 0 radical (unpaired) electrons. The highest BCUT2D eigenvalue weighted by atomic mass is 32.2. The van der Waals surface area contributed by atoms with Crippen molar-refractivity contribution in [1.29, 1.82) is 0 Å². The molecule has 3 aromatic rings. The van der Waals surface area contributed by atoms with E-state index in [1.807, 2.05) is 50.2 Å². The lowest BCUT2D eigenvalue weighted by Gasteiger charge is -2.35. The van der Waals surface area contributed by atoms with Gasteiger partial charge in [-0.15, -0.1) is 0 Å². The third-order valence-electron chi connectivity index (χ3n) is 6.79. The monoisotopic (exact) mass is 519 g/mol.